The molecule has 3 aromatic heterocycles. The second-order valence-corrected chi connectivity index (χ2v) is 8.37. The number of pyridine rings is 1. The molecule has 1 aliphatic rings. The van der Waals surface area contributed by atoms with Crippen LogP contribution in [0.3, 0.4) is 0 Å². The minimum Gasteiger partial charge on any atom is -0.456 e. The van der Waals surface area contributed by atoms with Gasteiger partial charge < -0.3 is 15.5 Å². The van der Waals surface area contributed by atoms with Gasteiger partial charge in [0.1, 0.15) is 22.6 Å². The predicted molar refractivity (Wildman–Crippen MR) is 103 cm³/mol. The summed E-state index contributed by atoms with van der Waals surface area (Å²) in [6.45, 7) is 0.663. The third kappa shape index (κ3) is 3.18. The molecule has 3 atom stereocenters. The first-order valence-electron chi connectivity index (χ1n) is 7.99. The van der Waals surface area contributed by atoms with E-state index in [1.165, 1.54) is 4.88 Å². The van der Waals surface area contributed by atoms with E-state index in [9.17, 15) is 4.39 Å². The molecule has 0 bridgehead atoms. The van der Waals surface area contributed by atoms with Gasteiger partial charge in [-0.2, -0.15) is 0 Å². The topological polar surface area (TPSA) is 64.1 Å². The Morgan fingerprint density at radius 1 is 1.48 bits per heavy atom. The number of rotatable bonds is 4. The number of alkyl halides is 1. The highest BCUT2D eigenvalue weighted by atomic mass is 79.9. The molecule has 3 heterocycles. The lowest BCUT2D eigenvalue weighted by molar-refractivity contribution is 0.300. The predicted octanol–water partition coefficient (Wildman–Crippen LogP) is 5.46. The van der Waals surface area contributed by atoms with Crippen LogP contribution in [0.2, 0.25) is 5.15 Å². The molecule has 0 aliphatic heterocycles. The van der Waals surface area contributed by atoms with Gasteiger partial charge >= 0.3 is 0 Å². The number of aromatic nitrogens is 1. The quantitative estimate of drug-likeness (QED) is 0.524. The van der Waals surface area contributed by atoms with Crippen molar-refractivity contribution in [1.29, 1.82) is 0 Å². The van der Waals surface area contributed by atoms with Crippen molar-refractivity contribution in [3.05, 3.63) is 43.8 Å². The molecule has 1 saturated carbocycles. The van der Waals surface area contributed by atoms with Crippen LogP contribution in [0.25, 0.3) is 11.1 Å². The fourth-order valence-corrected chi connectivity index (χ4v) is 4.75. The number of nitrogens with zero attached hydrogens (tertiary/aromatic N) is 1. The Hall–Kier alpha value is -1.15. The van der Waals surface area contributed by atoms with E-state index >= 15 is 0 Å². The Morgan fingerprint density at radius 3 is 3.00 bits per heavy atom. The molecule has 132 valence electrons. The Kier molecular flexibility index (Phi) is 4.75. The zero-order valence-electron chi connectivity index (χ0n) is 13.1. The lowest BCUT2D eigenvalue weighted by atomic mass is 10.0. The fraction of sp³-hybridized carbons (Fsp3) is 0.353. The molecule has 3 N–H and O–H groups in total. The summed E-state index contributed by atoms with van der Waals surface area (Å²) in [4.78, 5) is 5.57. The zero-order valence-corrected chi connectivity index (χ0v) is 16.3. The summed E-state index contributed by atoms with van der Waals surface area (Å²) in [6, 6.07) is 5.24. The van der Waals surface area contributed by atoms with Gasteiger partial charge in [-0.05, 0) is 40.2 Å². The van der Waals surface area contributed by atoms with Crippen molar-refractivity contribution >= 4 is 55.7 Å². The summed E-state index contributed by atoms with van der Waals surface area (Å²) in [5.41, 5.74) is 8.02. The smallest absolute Gasteiger partial charge is 0.177 e. The number of hydrogen-bond acceptors (Lipinski definition) is 5. The van der Waals surface area contributed by atoms with Gasteiger partial charge in [0.25, 0.3) is 0 Å². The first kappa shape index (κ1) is 17.3. The lowest BCUT2D eigenvalue weighted by Gasteiger charge is -2.14. The third-order valence-electron chi connectivity index (χ3n) is 4.58. The highest BCUT2D eigenvalue weighted by Crippen LogP contribution is 2.44. The van der Waals surface area contributed by atoms with Crippen LogP contribution in [0.4, 0.5) is 10.1 Å². The first-order chi connectivity index (χ1) is 12.0. The van der Waals surface area contributed by atoms with Crippen molar-refractivity contribution in [3.8, 4) is 0 Å². The summed E-state index contributed by atoms with van der Waals surface area (Å²) in [5, 5.41) is 5.75. The lowest BCUT2D eigenvalue weighted by Crippen LogP contribution is -2.31. The second-order valence-electron chi connectivity index (χ2n) is 6.16. The van der Waals surface area contributed by atoms with E-state index in [1.54, 1.807) is 17.4 Å². The van der Waals surface area contributed by atoms with E-state index in [1.807, 2.05) is 11.4 Å². The maximum absolute atomic E-state index is 13.8. The Bertz CT molecular complexity index is 901. The number of hydrogen-bond donors (Lipinski definition) is 2. The number of halogens is 3. The van der Waals surface area contributed by atoms with Crippen molar-refractivity contribution in [1.82, 2.24) is 4.98 Å². The molecule has 25 heavy (non-hydrogen) atoms. The summed E-state index contributed by atoms with van der Waals surface area (Å²) in [5.74, 6) is 0.485. The van der Waals surface area contributed by atoms with Crippen molar-refractivity contribution in [3.63, 3.8) is 0 Å². The third-order valence-corrected chi connectivity index (χ3v) is 6.42. The van der Waals surface area contributed by atoms with E-state index in [0.29, 0.717) is 45.9 Å². The van der Waals surface area contributed by atoms with Crippen LogP contribution in [0.5, 0.6) is 0 Å². The highest BCUT2D eigenvalue weighted by Gasteiger charge is 2.38. The number of anilines is 1. The molecular weight excluding hydrogens is 429 g/mol. The average molecular weight is 445 g/mol. The maximum Gasteiger partial charge on any atom is 0.177 e. The summed E-state index contributed by atoms with van der Waals surface area (Å²) in [6.07, 6.45) is 0.109. The van der Waals surface area contributed by atoms with Crippen LogP contribution >= 0.6 is 38.9 Å². The summed E-state index contributed by atoms with van der Waals surface area (Å²) >= 11 is 11.4. The summed E-state index contributed by atoms with van der Waals surface area (Å²) in [7, 11) is 0. The SMILES string of the molecule is N[C@@H]1[C@@H](c2oc3c(NCc4cccs4)cc(Cl)nc3c2Br)CC[C@@H]1F. The van der Waals surface area contributed by atoms with E-state index in [0.717, 1.165) is 5.69 Å². The molecular formula is C17H16BrClFN3OS. The monoisotopic (exact) mass is 443 g/mol. The Morgan fingerprint density at radius 2 is 2.32 bits per heavy atom. The molecule has 8 heteroatoms. The van der Waals surface area contributed by atoms with Crippen LogP contribution in [-0.4, -0.2) is 17.2 Å². The average Bonchev–Trinajstić information content (AvgIpc) is 3.29. The fourth-order valence-electron chi connectivity index (χ4n) is 3.27. The van der Waals surface area contributed by atoms with Crippen LogP contribution in [0.15, 0.2) is 32.5 Å². The van der Waals surface area contributed by atoms with Gasteiger partial charge in [0.15, 0.2) is 5.58 Å². The van der Waals surface area contributed by atoms with E-state index in [-0.39, 0.29) is 5.92 Å². The van der Waals surface area contributed by atoms with Crippen LogP contribution in [0.1, 0.15) is 29.4 Å². The van der Waals surface area contributed by atoms with Crippen molar-refractivity contribution < 1.29 is 8.81 Å². The molecule has 0 spiro atoms. The van der Waals surface area contributed by atoms with Gasteiger partial charge in [-0.1, -0.05) is 17.7 Å². The minimum atomic E-state index is -1.00. The number of nitrogens with two attached hydrogens (primary N) is 1. The molecule has 0 amide bonds. The van der Waals surface area contributed by atoms with Gasteiger partial charge in [-0.3, -0.25) is 0 Å². The molecule has 3 aromatic rings. The van der Waals surface area contributed by atoms with Gasteiger partial charge in [0, 0.05) is 29.4 Å². The molecule has 4 rings (SSSR count). The largest absolute Gasteiger partial charge is 0.456 e. The molecule has 0 unspecified atom stereocenters. The number of furan rings is 1. The standard InChI is InChI=1S/C17H16BrClFN3OS/c18-13-15-17(24-16(13)9-3-4-10(20)14(9)21)11(6-12(19)23-15)22-7-8-2-1-5-25-8/h1-2,5-6,9-10,14H,3-4,7,21H2,(H,22,23)/t9-,10-,14+/m0/s1. The summed E-state index contributed by atoms with van der Waals surface area (Å²) < 4.78 is 20.6. The molecule has 1 fully saturated rings. The molecule has 0 aromatic carbocycles. The van der Waals surface area contributed by atoms with Gasteiger partial charge in [-0.15, -0.1) is 11.3 Å². The van der Waals surface area contributed by atoms with Gasteiger partial charge in [0.05, 0.1) is 10.2 Å². The Labute approximate surface area is 161 Å². The van der Waals surface area contributed by atoms with E-state index in [2.05, 4.69) is 32.3 Å². The Balaban J connectivity index is 1.73. The molecule has 4 nitrogen and oxygen atoms in total. The maximum atomic E-state index is 13.8. The van der Waals surface area contributed by atoms with Crippen LogP contribution < -0.4 is 11.1 Å². The number of nitrogens with one attached hydrogen (secondary N) is 1. The number of fused-ring (bicyclic) bond motifs is 1. The molecule has 0 radical (unpaired) electrons. The minimum absolute atomic E-state index is 0.164. The van der Waals surface area contributed by atoms with Crippen molar-refractivity contribution in [2.45, 2.75) is 37.5 Å². The molecule has 1 aliphatic carbocycles. The molecule has 0 saturated heterocycles. The van der Waals surface area contributed by atoms with E-state index in [4.69, 9.17) is 21.8 Å². The highest BCUT2D eigenvalue weighted by molar-refractivity contribution is 9.10. The van der Waals surface area contributed by atoms with Crippen molar-refractivity contribution in [2.75, 3.05) is 5.32 Å². The van der Waals surface area contributed by atoms with E-state index < -0.39 is 12.2 Å². The van der Waals surface area contributed by atoms with Gasteiger partial charge in [-0.25, -0.2) is 9.37 Å². The first-order valence-corrected chi connectivity index (χ1v) is 10.0. The zero-order chi connectivity index (χ0) is 17.6. The number of thiophene rings is 1. The normalized spacial score (nSPS) is 23.4. The van der Waals surface area contributed by atoms with Gasteiger partial charge in [0.2, 0.25) is 0 Å². The second kappa shape index (κ2) is 6.87. The van der Waals surface area contributed by atoms with Crippen LogP contribution in [0, 0.1) is 0 Å². The van der Waals surface area contributed by atoms with Crippen LogP contribution in [-0.2, 0) is 6.54 Å². The van der Waals surface area contributed by atoms with Crippen molar-refractivity contribution in [2.24, 2.45) is 5.73 Å².